The highest BCUT2D eigenvalue weighted by Gasteiger charge is 2.46. The monoisotopic (exact) mass is 411 g/mol. The zero-order chi connectivity index (χ0) is 20.3. The normalized spacial score (nSPS) is 24.4. The molecule has 4 atom stereocenters. The summed E-state index contributed by atoms with van der Waals surface area (Å²) in [6.45, 7) is -0.0942. The quantitative estimate of drug-likeness (QED) is 0.163. The van der Waals surface area contributed by atoms with Crippen LogP contribution in [0.5, 0.6) is 0 Å². The Kier molecular flexibility index (Phi) is 6.16. The molecule has 2 aromatic rings. The van der Waals surface area contributed by atoms with Gasteiger partial charge in [0.05, 0.1) is 0 Å². The molecule has 0 aromatic carbocycles. The molecule has 0 amide bonds. The van der Waals surface area contributed by atoms with Gasteiger partial charge in [-0.3, -0.25) is 9.36 Å². The Morgan fingerprint density at radius 2 is 2.21 bits per heavy atom. The minimum Gasteiger partial charge on any atom is -0.481 e. The fourth-order valence-electron chi connectivity index (χ4n) is 2.84. The number of aliphatic hydroxyl groups is 2. The lowest BCUT2D eigenvalue weighted by Crippen LogP contribution is -2.33. The van der Waals surface area contributed by atoms with E-state index in [1.54, 1.807) is 0 Å². The maximum Gasteiger partial charge on any atom is 0.303 e. The third-order valence-corrected chi connectivity index (χ3v) is 5.20. The van der Waals surface area contributed by atoms with Gasteiger partial charge in [-0.05, 0) is 6.42 Å². The number of hydrogen-bond acceptors (Lipinski definition) is 11. The van der Waals surface area contributed by atoms with Crippen LogP contribution < -0.4 is 10.6 Å². The van der Waals surface area contributed by atoms with Crippen LogP contribution in [0.15, 0.2) is 16.6 Å². The summed E-state index contributed by atoms with van der Waals surface area (Å²) in [4.78, 5) is 26.1. The number of ether oxygens (including phenoxy) is 1. The van der Waals surface area contributed by atoms with E-state index in [1.807, 2.05) is 0 Å². The standard InChI is InChI=1S/C14H18N8O5S/c15-11-8-12(18-5-17-11)22(14(20-8)28-3-1-2-7(23)24)13-10(26)9(25)6(27-13)4-19-21-16/h5-6,9-10,13,16,25-26H,1-4H2,(H2-,15,17,18,23,24)/p+1/t6-,9-,10-,13-/m1/s1. The van der Waals surface area contributed by atoms with Crippen LogP contribution in [0.4, 0.5) is 5.82 Å². The molecule has 1 fully saturated rings. The number of anilines is 1. The van der Waals surface area contributed by atoms with E-state index in [-0.39, 0.29) is 18.8 Å². The Morgan fingerprint density at radius 1 is 1.43 bits per heavy atom. The molecule has 0 unspecified atom stereocenters. The number of thioether (sulfide) groups is 1. The summed E-state index contributed by atoms with van der Waals surface area (Å²) in [7, 11) is 0. The molecule has 0 aliphatic carbocycles. The van der Waals surface area contributed by atoms with Crippen LogP contribution in [-0.2, 0) is 9.53 Å². The number of fused-ring (bicyclic) bond motifs is 1. The average Bonchev–Trinajstić information content (AvgIpc) is 3.16. The van der Waals surface area contributed by atoms with E-state index in [9.17, 15) is 15.0 Å². The first-order chi connectivity index (χ1) is 13.4. The highest BCUT2D eigenvalue weighted by atomic mass is 32.2. The molecule has 3 rings (SSSR count). The number of imidazole rings is 1. The zero-order valence-electron chi connectivity index (χ0n) is 14.5. The predicted molar refractivity (Wildman–Crippen MR) is 95.4 cm³/mol. The zero-order valence-corrected chi connectivity index (χ0v) is 15.4. The van der Waals surface area contributed by atoms with Crippen molar-refractivity contribution in [2.45, 2.75) is 42.5 Å². The lowest BCUT2D eigenvalue weighted by Gasteiger charge is -2.19. The van der Waals surface area contributed by atoms with E-state index < -0.39 is 30.5 Å². The molecule has 150 valence electrons. The van der Waals surface area contributed by atoms with Crippen molar-refractivity contribution in [3.8, 4) is 0 Å². The van der Waals surface area contributed by atoms with Crippen molar-refractivity contribution in [1.82, 2.24) is 24.4 Å². The summed E-state index contributed by atoms with van der Waals surface area (Å²) >= 11 is 1.25. The van der Waals surface area contributed by atoms with E-state index in [2.05, 4.69) is 25.0 Å². The van der Waals surface area contributed by atoms with Gasteiger partial charge < -0.3 is 25.8 Å². The molecule has 6 N–H and O–H groups in total. The van der Waals surface area contributed by atoms with E-state index in [0.717, 1.165) is 0 Å². The number of nitrogen functional groups attached to an aromatic ring is 1. The number of carbonyl (C=O) groups is 1. The Balaban J connectivity index is 1.94. The number of nitrogens with one attached hydrogen (secondary N) is 1. The number of rotatable bonds is 8. The molecule has 13 nitrogen and oxygen atoms in total. The molecule has 1 aliphatic heterocycles. The average molecular weight is 411 g/mol. The van der Waals surface area contributed by atoms with E-state index in [4.69, 9.17) is 21.1 Å². The Hall–Kier alpha value is -2.64. The van der Waals surface area contributed by atoms with Crippen molar-refractivity contribution < 1.29 is 24.9 Å². The van der Waals surface area contributed by atoms with Gasteiger partial charge in [-0.15, -0.1) is 0 Å². The van der Waals surface area contributed by atoms with Crippen LogP contribution in [0.25, 0.3) is 11.2 Å². The summed E-state index contributed by atoms with van der Waals surface area (Å²) in [6.07, 6.45) is -2.78. The highest BCUT2D eigenvalue weighted by molar-refractivity contribution is 7.99. The summed E-state index contributed by atoms with van der Waals surface area (Å²) in [5, 5.41) is 33.4. The van der Waals surface area contributed by atoms with Gasteiger partial charge in [-0.1, -0.05) is 11.8 Å². The highest BCUT2D eigenvalue weighted by Crippen LogP contribution is 2.36. The van der Waals surface area contributed by atoms with Gasteiger partial charge in [0.2, 0.25) is 4.91 Å². The molecule has 14 heteroatoms. The van der Waals surface area contributed by atoms with E-state index in [0.29, 0.717) is 28.5 Å². The first-order valence-electron chi connectivity index (χ1n) is 8.31. The van der Waals surface area contributed by atoms with Crippen molar-refractivity contribution in [2.75, 3.05) is 18.0 Å². The number of carboxylic acid groups (broad SMARTS) is 1. The van der Waals surface area contributed by atoms with Crippen LogP contribution in [0, 0.1) is 5.53 Å². The Bertz CT molecular complexity index is 917. The van der Waals surface area contributed by atoms with Crippen molar-refractivity contribution in [3.05, 3.63) is 6.33 Å². The Morgan fingerprint density at radius 3 is 2.93 bits per heavy atom. The number of carboxylic acids is 1. The van der Waals surface area contributed by atoms with Crippen LogP contribution in [0.2, 0.25) is 0 Å². The smallest absolute Gasteiger partial charge is 0.303 e. The maximum atomic E-state index is 10.7. The maximum absolute atomic E-state index is 10.7. The minimum absolute atomic E-state index is 0.0106. The van der Waals surface area contributed by atoms with Crippen molar-refractivity contribution in [2.24, 2.45) is 5.11 Å². The van der Waals surface area contributed by atoms with Gasteiger partial charge in [-0.25, -0.2) is 15.0 Å². The first kappa shape index (κ1) is 20.1. The molecular weight excluding hydrogens is 392 g/mol. The summed E-state index contributed by atoms with van der Waals surface area (Å²) < 4.78 is 7.25. The fraction of sp³-hybridized carbons (Fsp3) is 0.571. The van der Waals surface area contributed by atoms with Crippen molar-refractivity contribution in [3.63, 3.8) is 0 Å². The van der Waals surface area contributed by atoms with Crippen LogP contribution >= 0.6 is 11.8 Å². The largest absolute Gasteiger partial charge is 0.481 e. The molecular formula is C14H19N8O5S+. The molecule has 0 radical (unpaired) electrons. The van der Waals surface area contributed by atoms with Crippen molar-refractivity contribution >= 4 is 34.7 Å². The molecule has 1 saturated heterocycles. The first-order valence-corrected chi connectivity index (χ1v) is 9.30. The summed E-state index contributed by atoms with van der Waals surface area (Å²) in [5.41, 5.74) is 13.2. The van der Waals surface area contributed by atoms with Crippen molar-refractivity contribution in [1.29, 1.82) is 5.53 Å². The molecule has 1 aliphatic rings. The second-order valence-electron chi connectivity index (χ2n) is 6.01. The van der Waals surface area contributed by atoms with Gasteiger partial charge in [0, 0.05) is 12.2 Å². The number of aliphatic hydroxyl groups excluding tert-OH is 2. The van der Waals surface area contributed by atoms with Gasteiger partial charge in [0.15, 0.2) is 34.9 Å². The lowest BCUT2D eigenvalue weighted by molar-refractivity contribution is -0.137. The lowest BCUT2D eigenvalue weighted by atomic mass is 10.1. The molecule has 0 spiro atoms. The molecule has 0 saturated carbocycles. The number of nitrogens with two attached hydrogens (primary N) is 1. The molecule has 2 aromatic heterocycles. The van der Waals surface area contributed by atoms with Gasteiger partial charge in [0.1, 0.15) is 35.3 Å². The van der Waals surface area contributed by atoms with Gasteiger partial charge in [0.25, 0.3) is 0 Å². The van der Waals surface area contributed by atoms with Gasteiger partial charge >= 0.3 is 5.97 Å². The number of nitrogens with zero attached hydrogens (tertiary/aromatic N) is 6. The second-order valence-corrected chi connectivity index (χ2v) is 7.07. The number of aliphatic carboxylic acids is 1. The van der Waals surface area contributed by atoms with Crippen LogP contribution in [0.3, 0.4) is 0 Å². The second kappa shape index (κ2) is 8.58. The molecule has 3 heterocycles. The topological polar surface area (TPSA) is 207 Å². The fourth-order valence-corrected chi connectivity index (χ4v) is 3.80. The molecule has 28 heavy (non-hydrogen) atoms. The Labute approximate surface area is 162 Å². The van der Waals surface area contributed by atoms with E-state index >= 15 is 0 Å². The molecule has 0 bridgehead atoms. The third-order valence-electron chi connectivity index (χ3n) is 4.16. The minimum atomic E-state index is -1.31. The summed E-state index contributed by atoms with van der Waals surface area (Å²) in [5.74, 6) is -0.304. The van der Waals surface area contributed by atoms with Crippen LogP contribution in [-0.4, -0.2) is 71.4 Å². The summed E-state index contributed by atoms with van der Waals surface area (Å²) in [6, 6.07) is 0. The predicted octanol–water partition coefficient (Wildman–Crippen LogP) is -0.465. The number of aromatic nitrogens is 4. The van der Waals surface area contributed by atoms with Gasteiger partial charge in [-0.2, -0.15) is 0 Å². The third kappa shape index (κ3) is 3.95. The number of hydrogen-bond donors (Lipinski definition) is 5. The van der Waals surface area contributed by atoms with E-state index in [1.165, 1.54) is 22.7 Å². The van der Waals surface area contributed by atoms with Crippen LogP contribution in [0.1, 0.15) is 19.1 Å². The SMILES string of the molecule is N=[N+]=NC[C@H]1O[C@@H](n2c(SCCCC(=O)O)nc3c(N)ncnc32)[C@H](O)[C@@H]1O.